The Kier molecular flexibility index (Phi) is 4.59. The van der Waals surface area contributed by atoms with Gasteiger partial charge in [-0.05, 0) is 51.3 Å². The van der Waals surface area contributed by atoms with Crippen molar-refractivity contribution in [1.82, 2.24) is 10.3 Å². The van der Waals surface area contributed by atoms with Crippen LogP contribution in [0, 0.1) is 5.92 Å². The standard InChI is InChI=1S/C15H25N3/c1-4-18(11-13-6-5-7-13)15-9-8-14(10-17-15)12(2)16-3/h8-10,12-13,16H,4-7,11H2,1-3H3. The molecule has 3 heteroatoms. The molecule has 100 valence electrons. The van der Waals surface area contributed by atoms with Crippen molar-refractivity contribution in [2.24, 2.45) is 5.92 Å². The first-order valence-corrected chi connectivity index (χ1v) is 7.12. The van der Waals surface area contributed by atoms with Gasteiger partial charge in [0.05, 0.1) is 0 Å². The normalized spacial score (nSPS) is 17.3. The Labute approximate surface area is 111 Å². The Hall–Kier alpha value is -1.09. The van der Waals surface area contributed by atoms with Crippen molar-refractivity contribution in [2.75, 3.05) is 25.0 Å². The van der Waals surface area contributed by atoms with E-state index in [0.29, 0.717) is 6.04 Å². The molecular weight excluding hydrogens is 222 g/mol. The van der Waals surface area contributed by atoms with E-state index in [1.165, 1.54) is 31.4 Å². The van der Waals surface area contributed by atoms with E-state index in [-0.39, 0.29) is 0 Å². The van der Waals surface area contributed by atoms with Gasteiger partial charge in [-0.15, -0.1) is 0 Å². The number of hydrogen-bond donors (Lipinski definition) is 1. The largest absolute Gasteiger partial charge is 0.357 e. The third-order valence-corrected chi connectivity index (χ3v) is 4.11. The number of pyridine rings is 1. The van der Waals surface area contributed by atoms with Gasteiger partial charge in [-0.2, -0.15) is 0 Å². The zero-order valence-corrected chi connectivity index (χ0v) is 11.8. The number of nitrogens with zero attached hydrogens (tertiary/aromatic N) is 2. The van der Waals surface area contributed by atoms with E-state index in [2.05, 4.69) is 41.2 Å². The van der Waals surface area contributed by atoms with E-state index in [1.807, 2.05) is 13.2 Å². The quantitative estimate of drug-likeness (QED) is 0.837. The van der Waals surface area contributed by atoms with Crippen LogP contribution in [0.15, 0.2) is 18.3 Å². The van der Waals surface area contributed by atoms with Gasteiger partial charge in [0.1, 0.15) is 5.82 Å². The van der Waals surface area contributed by atoms with Crippen molar-refractivity contribution >= 4 is 5.82 Å². The molecule has 0 amide bonds. The average Bonchev–Trinajstić information content (AvgIpc) is 2.37. The summed E-state index contributed by atoms with van der Waals surface area (Å²) in [7, 11) is 1.98. The van der Waals surface area contributed by atoms with Crippen LogP contribution in [0.5, 0.6) is 0 Å². The van der Waals surface area contributed by atoms with Crippen LogP contribution >= 0.6 is 0 Å². The van der Waals surface area contributed by atoms with Crippen molar-refractivity contribution < 1.29 is 0 Å². The number of rotatable bonds is 6. The molecule has 1 heterocycles. The van der Waals surface area contributed by atoms with Crippen LogP contribution in [0.2, 0.25) is 0 Å². The maximum absolute atomic E-state index is 4.62. The van der Waals surface area contributed by atoms with Crippen LogP contribution in [0.1, 0.15) is 44.7 Å². The lowest BCUT2D eigenvalue weighted by atomic mass is 9.85. The number of hydrogen-bond acceptors (Lipinski definition) is 3. The molecule has 0 radical (unpaired) electrons. The van der Waals surface area contributed by atoms with Gasteiger partial charge in [0.2, 0.25) is 0 Å². The second kappa shape index (κ2) is 6.19. The summed E-state index contributed by atoms with van der Waals surface area (Å²) in [4.78, 5) is 7.02. The highest BCUT2D eigenvalue weighted by atomic mass is 15.2. The fraction of sp³-hybridized carbons (Fsp3) is 0.667. The first kappa shape index (κ1) is 13.3. The monoisotopic (exact) mass is 247 g/mol. The molecule has 1 unspecified atom stereocenters. The van der Waals surface area contributed by atoms with Crippen molar-refractivity contribution in [3.8, 4) is 0 Å². The van der Waals surface area contributed by atoms with Crippen LogP contribution in [0.3, 0.4) is 0 Å². The van der Waals surface area contributed by atoms with Crippen LogP contribution < -0.4 is 10.2 Å². The minimum absolute atomic E-state index is 0.369. The van der Waals surface area contributed by atoms with Crippen molar-refractivity contribution in [2.45, 2.75) is 39.2 Å². The van der Waals surface area contributed by atoms with Gasteiger partial charge in [0.25, 0.3) is 0 Å². The SMILES string of the molecule is CCN(CC1CCC1)c1ccc(C(C)NC)cn1. The molecular formula is C15H25N3. The molecule has 18 heavy (non-hydrogen) atoms. The molecule has 1 aromatic heterocycles. The maximum atomic E-state index is 4.62. The highest BCUT2D eigenvalue weighted by Gasteiger charge is 2.20. The zero-order chi connectivity index (χ0) is 13.0. The van der Waals surface area contributed by atoms with Crippen molar-refractivity contribution in [3.63, 3.8) is 0 Å². The van der Waals surface area contributed by atoms with E-state index < -0.39 is 0 Å². The smallest absolute Gasteiger partial charge is 0.128 e. The predicted octanol–water partition coefficient (Wildman–Crippen LogP) is 2.99. The molecule has 0 aromatic carbocycles. The molecule has 1 fully saturated rings. The predicted molar refractivity (Wildman–Crippen MR) is 76.9 cm³/mol. The number of aromatic nitrogens is 1. The summed E-state index contributed by atoms with van der Waals surface area (Å²) < 4.78 is 0. The molecule has 0 saturated heterocycles. The highest BCUT2D eigenvalue weighted by Crippen LogP contribution is 2.28. The number of anilines is 1. The van der Waals surface area contributed by atoms with Gasteiger partial charge < -0.3 is 10.2 Å². The Morgan fingerprint density at radius 3 is 2.67 bits per heavy atom. The molecule has 2 rings (SSSR count). The van der Waals surface area contributed by atoms with Crippen molar-refractivity contribution in [3.05, 3.63) is 23.9 Å². The van der Waals surface area contributed by atoms with Gasteiger partial charge >= 0.3 is 0 Å². The molecule has 1 N–H and O–H groups in total. The van der Waals surface area contributed by atoms with E-state index in [1.54, 1.807) is 0 Å². The van der Waals surface area contributed by atoms with E-state index in [9.17, 15) is 0 Å². The second-order valence-electron chi connectivity index (χ2n) is 5.30. The van der Waals surface area contributed by atoms with Crippen LogP contribution in [0.4, 0.5) is 5.82 Å². The summed E-state index contributed by atoms with van der Waals surface area (Å²) in [5.74, 6) is 2.01. The molecule has 0 aliphatic heterocycles. The van der Waals surface area contributed by atoms with Crippen LogP contribution in [0.25, 0.3) is 0 Å². The summed E-state index contributed by atoms with van der Waals surface area (Å²) in [6, 6.07) is 4.71. The zero-order valence-electron chi connectivity index (χ0n) is 11.8. The van der Waals surface area contributed by atoms with Gasteiger partial charge in [-0.1, -0.05) is 12.5 Å². The fourth-order valence-electron chi connectivity index (χ4n) is 2.38. The molecule has 0 spiro atoms. The van der Waals surface area contributed by atoms with Gasteiger partial charge in [-0.25, -0.2) is 4.98 Å². The Morgan fingerprint density at radius 1 is 1.44 bits per heavy atom. The molecule has 3 nitrogen and oxygen atoms in total. The third kappa shape index (κ3) is 3.02. The summed E-state index contributed by atoms with van der Waals surface area (Å²) >= 11 is 0. The lowest BCUT2D eigenvalue weighted by Crippen LogP contribution is -2.33. The topological polar surface area (TPSA) is 28.2 Å². The summed E-state index contributed by atoms with van der Waals surface area (Å²) in [5, 5.41) is 3.24. The minimum Gasteiger partial charge on any atom is -0.357 e. The minimum atomic E-state index is 0.369. The Bertz CT molecular complexity index is 357. The molecule has 1 atom stereocenters. The van der Waals surface area contributed by atoms with Crippen LogP contribution in [-0.4, -0.2) is 25.1 Å². The highest BCUT2D eigenvalue weighted by molar-refractivity contribution is 5.39. The fourth-order valence-corrected chi connectivity index (χ4v) is 2.38. The average molecular weight is 247 g/mol. The van der Waals surface area contributed by atoms with E-state index in [4.69, 9.17) is 0 Å². The van der Waals surface area contributed by atoms with Crippen LogP contribution in [-0.2, 0) is 0 Å². The third-order valence-electron chi connectivity index (χ3n) is 4.11. The van der Waals surface area contributed by atoms with Gasteiger partial charge in [0.15, 0.2) is 0 Å². The lowest BCUT2D eigenvalue weighted by molar-refractivity contribution is 0.318. The molecule has 1 aliphatic rings. The Balaban J connectivity index is 2.01. The number of nitrogens with one attached hydrogen (secondary N) is 1. The summed E-state index contributed by atoms with van der Waals surface area (Å²) in [6.07, 6.45) is 6.20. The summed E-state index contributed by atoms with van der Waals surface area (Å²) in [6.45, 7) is 6.59. The van der Waals surface area contributed by atoms with Crippen molar-refractivity contribution in [1.29, 1.82) is 0 Å². The first-order chi connectivity index (χ1) is 8.74. The van der Waals surface area contributed by atoms with E-state index in [0.717, 1.165) is 18.3 Å². The first-order valence-electron chi connectivity index (χ1n) is 7.12. The van der Waals surface area contributed by atoms with Gasteiger partial charge in [-0.3, -0.25) is 0 Å². The lowest BCUT2D eigenvalue weighted by Gasteiger charge is -2.32. The second-order valence-corrected chi connectivity index (χ2v) is 5.30. The molecule has 1 aromatic rings. The Morgan fingerprint density at radius 2 is 2.22 bits per heavy atom. The molecule has 0 bridgehead atoms. The molecule has 1 aliphatic carbocycles. The molecule has 1 saturated carbocycles. The van der Waals surface area contributed by atoms with Gasteiger partial charge in [0, 0.05) is 25.3 Å². The summed E-state index contributed by atoms with van der Waals surface area (Å²) in [5.41, 5.74) is 1.25. The maximum Gasteiger partial charge on any atom is 0.128 e. The van der Waals surface area contributed by atoms with E-state index >= 15 is 0 Å².